The predicted octanol–water partition coefficient (Wildman–Crippen LogP) is 4.06. The van der Waals surface area contributed by atoms with Gasteiger partial charge in [-0.2, -0.15) is 5.10 Å². The molecule has 0 aliphatic rings. The summed E-state index contributed by atoms with van der Waals surface area (Å²) in [6.07, 6.45) is 0. The number of rotatable bonds is 3. The third-order valence-corrected chi connectivity index (χ3v) is 4.41. The van der Waals surface area contributed by atoms with E-state index in [1.807, 2.05) is 42.8 Å². The van der Waals surface area contributed by atoms with Crippen LogP contribution in [0.15, 0.2) is 35.7 Å². The van der Waals surface area contributed by atoms with Gasteiger partial charge in [-0.05, 0) is 29.1 Å². The largest absolute Gasteiger partial charge is 0.495 e. The van der Waals surface area contributed by atoms with E-state index < -0.39 is 0 Å². The first-order valence-corrected chi connectivity index (χ1v) is 7.58. The van der Waals surface area contributed by atoms with Crippen LogP contribution in [-0.4, -0.2) is 16.9 Å². The summed E-state index contributed by atoms with van der Waals surface area (Å²) >= 11 is 7.67. The summed E-state index contributed by atoms with van der Waals surface area (Å²) in [5.74, 6) is 1.39. The summed E-state index contributed by atoms with van der Waals surface area (Å²) in [5, 5.41) is 7.19. The monoisotopic (exact) mass is 319 g/mol. The van der Waals surface area contributed by atoms with Gasteiger partial charge in [0.1, 0.15) is 17.3 Å². The van der Waals surface area contributed by atoms with Crippen LogP contribution in [0.3, 0.4) is 0 Å². The molecule has 3 rings (SSSR count). The molecule has 21 heavy (non-hydrogen) atoms. The molecule has 0 saturated carbocycles. The Labute approximate surface area is 131 Å². The second-order valence-electron chi connectivity index (χ2n) is 4.56. The lowest BCUT2D eigenvalue weighted by atomic mass is 10.0. The highest BCUT2D eigenvalue weighted by Crippen LogP contribution is 2.42. The molecule has 0 fully saturated rings. The number of hydrogen-bond acceptors (Lipinski definition) is 4. The Morgan fingerprint density at radius 2 is 2.14 bits per heavy atom. The first-order valence-electron chi connectivity index (χ1n) is 6.32. The minimum absolute atomic E-state index is 0.600. The second-order valence-corrected chi connectivity index (χ2v) is 5.91. The number of aryl methyl sites for hydroxylation is 1. The molecule has 0 unspecified atom stereocenters. The fraction of sp³-hybridized carbons (Fsp3) is 0.133. The number of nitrogen functional groups attached to an aromatic ring is 1. The minimum Gasteiger partial charge on any atom is -0.495 e. The molecule has 0 amide bonds. The number of aromatic nitrogens is 2. The summed E-state index contributed by atoms with van der Waals surface area (Å²) in [4.78, 5) is 0.958. The van der Waals surface area contributed by atoms with Gasteiger partial charge >= 0.3 is 0 Å². The lowest BCUT2D eigenvalue weighted by molar-refractivity contribution is 0.418. The van der Waals surface area contributed by atoms with Crippen LogP contribution < -0.4 is 10.5 Å². The van der Waals surface area contributed by atoms with E-state index in [1.54, 1.807) is 23.1 Å². The molecule has 0 atom stereocenters. The molecule has 1 aromatic carbocycles. The number of ether oxygens (including phenoxy) is 1. The van der Waals surface area contributed by atoms with Crippen molar-refractivity contribution >= 4 is 28.8 Å². The number of hydrogen-bond donors (Lipinski definition) is 1. The predicted molar refractivity (Wildman–Crippen MR) is 87.9 cm³/mol. The standard InChI is InChI=1S/C15H14ClN3OS/c1-19-15(17)12(9-4-3-5-10(16)8-9)13(18-19)14-11(20-2)6-7-21-14/h3-8H,17H2,1-2H3. The van der Waals surface area contributed by atoms with Crippen molar-refractivity contribution < 1.29 is 4.74 Å². The van der Waals surface area contributed by atoms with Crippen molar-refractivity contribution in [1.82, 2.24) is 9.78 Å². The van der Waals surface area contributed by atoms with Gasteiger partial charge in [0, 0.05) is 12.1 Å². The summed E-state index contributed by atoms with van der Waals surface area (Å²) in [5.41, 5.74) is 8.83. The number of benzene rings is 1. The Hall–Kier alpha value is -1.98. The fourth-order valence-electron chi connectivity index (χ4n) is 2.26. The van der Waals surface area contributed by atoms with Gasteiger partial charge in [-0.15, -0.1) is 11.3 Å². The third kappa shape index (κ3) is 2.39. The van der Waals surface area contributed by atoms with E-state index in [1.165, 1.54) is 0 Å². The number of methoxy groups -OCH3 is 1. The molecule has 0 aliphatic carbocycles. The molecule has 2 N–H and O–H groups in total. The average Bonchev–Trinajstić information content (AvgIpc) is 3.04. The maximum atomic E-state index is 6.20. The van der Waals surface area contributed by atoms with Gasteiger partial charge in [0.05, 0.1) is 17.6 Å². The Bertz CT molecular complexity index is 794. The van der Waals surface area contributed by atoms with Crippen LogP contribution in [-0.2, 0) is 7.05 Å². The summed E-state index contributed by atoms with van der Waals surface area (Å²) in [6.45, 7) is 0. The van der Waals surface area contributed by atoms with E-state index in [2.05, 4.69) is 5.10 Å². The zero-order valence-corrected chi connectivity index (χ0v) is 13.2. The van der Waals surface area contributed by atoms with Crippen molar-refractivity contribution in [2.45, 2.75) is 0 Å². The Kier molecular flexibility index (Phi) is 3.61. The van der Waals surface area contributed by atoms with Crippen LogP contribution >= 0.6 is 22.9 Å². The zero-order chi connectivity index (χ0) is 15.0. The quantitative estimate of drug-likeness (QED) is 0.792. The second kappa shape index (κ2) is 5.42. The summed E-state index contributed by atoms with van der Waals surface area (Å²) in [7, 11) is 3.48. The lowest BCUT2D eigenvalue weighted by Crippen LogP contribution is -1.97. The first-order chi connectivity index (χ1) is 10.1. The average molecular weight is 320 g/mol. The van der Waals surface area contributed by atoms with Crippen LogP contribution in [0.25, 0.3) is 21.7 Å². The lowest BCUT2D eigenvalue weighted by Gasteiger charge is -2.05. The zero-order valence-electron chi connectivity index (χ0n) is 11.6. The van der Waals surface area contributed by atoms with E-state index in [4.69, 9.17) is 22.1 Å². The molecular formula is C15H14ClN3OS. The molecule has 108 valence electrons. The molecule has 2 aromatic heterocycles. The van der Waals surface area contributed by atoms with Crippen molar-refractivity contribution in [3.63, 3.8) is 0 Å². The fourth-order valence-corrected chi connectivity index (χ4v) is 3.30. The molecule has 0 radical (unpaired) electrons. The van der Waals surface area contributed by atoms with Gasteiger partial charge < -0.3 is 10.5 Å². The summed E-state index contributed by atoms with van der Waals surface area (Å²) in [6, 6.07) is 9.52. The third-order valence-electron chi connectivity index (χ3n) is 3.27. The SMILES string of the molecule is COc1ccsc1-c1nn(C)c(N)c1-c1cccc(Cl)c1. The highest BCUT2D eigenvalue weighted by atomic mass is 35.5. The van der Waals surface area contributed by atoms with Crippen molar-refractivity contribution in [2.75, 3.05) is 12.8 Å². The molecule has 4 nitrogen and oxygen atoms in total. The van der Waals surface area contributed by atoms with Crippen LogP contribution in [0.5, 0.6) is 5.75 Å². The van der Waals surface area contributed by atoms with Crippen molar-refractivity contribution in [1.29, 1.82) is 0 Å². The molecule has 0 saturated heterocycles. The van der Waals surface area contributed by atoms with Gasteiger partial charge in [-0.25, -0.2) is 0 Å². The number of nitrogens with zero attached hydrogens (tertiary/aromatic N) is 2. The Balaban J connectivity index is 2.26. The van der Waals surface area contributed by atoms with Crippen LogP contribution in [0.1, 0.15) is 0 Å². The maximum Gasteiger partial charge on any atom is 0.139 e. The number of halogens is 1. The van der Waals surface area contributed by atoms with Gasteiger partial charge in [0.2, 0.25) is 0 Å². The minimum atomic E-state index is 0.600. The van der Waals surface area contributed by atoms with E-state index in [-0.39, 0.29) is 0 Å². The Morgan fingerprint density at radius 1 is 1.33 bits per heavy atom. The molecule has 6 heteroatoms. The normalized spacial score (nSPS) is 10.8. The van der Waals surface area contributed by atoms with Crippen LogP contribution in [0.4, 0.5) is 5.82 Å². The molecule has 2 heterocycles. The molecule has 0 bridgehead atoms. The molecule has 0 aliphatic heterocycles. The van der Waals surface area contributed by atoms with Crippen molar-refractivity contribution in [3.05, 3.63) is 40.7 Å². The molecule has 3 aromatic rings. The van der Waals surface area contributed by atoms with E-state index in [0.29, 0.717) is 10.8 Å². The number of anilines is 1. The van der Waals surface area contributed by atoms with Gasteiger partial charge in [-0.3, -0.25) is 4.68 Å². The Morgan fingerprint density at radius 3 is 2.86 bits per heavy atom. The van der Waals surface area contributed by atoms with Crippen molar-refractivity contribution in [3.8, 4) is 27.4 Å². The van der Waals surface area contributed by atoms with Crippen LogP contribution in [0, 0.1) is 0 Å². The van der Waals surface area contributed by atoms with E-state index >= 15 is 0 Å². The topological polar surface area (TPSA) is 53.1 Å². The maximum absolute atomic E-state index is 6.20. The van der Waals surface area contributed by atoms with Crippen LogP contribution in [0.2, 0.25) is 5.02 Å². The van der Waals surface area contributed by atoms with E-state index in [0.717, 1.165) is 27.4 Å². The molecular weight excluding hydrogens is 306 g/mol. The molecule has 0 spiro atoms. The number of nitrogens with two attached hydrogens (primary N) is 1. The summed E-state index contributed by atoms with van der Waals surface area (Å²) < 4.78 is 7.07. The highest BCUT2D eigenvalue weighted by Gasteiger charge is 2.21. The first kappa shape index (κ1) is 14.0. The van der Waals surface area contributed by atoms with Crippen molar-refractivity contribution in [2.24, 2.45) is 7.05 Å². The van der Waals surface area contributed by atoms with Gasteiger partial charge in [0.25, 0.3) is 0 Å². The smallest absolute Gasteiger partial charge is 0.139 e. The van der Waals surface area contributed by atoms with Gasteiger partial charge in [-0.1, -0.05) is 23.7 Å². The van der Waals surface area contributed by atoms with E-state index in [9.17, 15) is 0 Å². The number of thiophene rings is 1. The highest BCUT2D eigenvalue weighted by molar-refractivity contribution is 7.14. The van der Waals surface area contributed by atoms with Gasteiger partial charge in [0.15, 0.2) is 0 Å².